The van der Waals surface area contributed by atoms with Gasteiger partial charge in [0.1, 0.15) is 6.79 Å². The van der Waals surface area contributed by atoms with Crippen LogP contribution in [0.5, 0.6) is 0 Å². The van der Waals surface area contributed by atoms with Crippen LogP contribution in [0.4, 0.5) is 0 Å². The molecule has 4 rings (SSSR count). The second-order valence-electron chi connectivity index (χ2n) is 7.75. The van der Waals surface area contributed by atoms with Crippen LogP contribution in [-0.4, -0.2) is 23.4 Å². The van der Waals surface area contributed by atoms with Crippen LogP contribution in [0.15, 0.2) is 146 Å². The fraction of sp³-hybridized carbons (Fsp3) is 0.0345. The molecule has 4 aromatic carbocycles. The van der Waals surface area contributed by atoms with Crippen molar-refractivity contribution in [1.82, 2.24) is 0 Å². The summed E-state index contributed by atoms with van der Waals surface area (Å²) in [6.45, 7) is 8.56. The molecule has 0 saturated heterocycles. The van der Waals surface area contributed by atoms with Gasteiger partial charge in [0.05, 0.1) is 0 Å². The van der Waals surface area contributed by atoms with E-state index >= 15 is 0 Å². The third-order valence-corrected chi connectivity index (χ3v) is 13.0. The zero-order chi connectivity index (χ0) is 23.0. The summed E-state index contributed by atoms with van der Waals surface area (Å²) < 4.78 is 13.5. The lowest BCUT2D eigenvalue weighted by molar-refractivity contribution is 0.117. The van der Waals surface area contributed by atoms with Crippen molar-refractivity contribution in [2.24, 2.45) is 0 Å². The molecule has 164 valence electrons. The van der Waals surface area contributed by atoms with Crippen LogP contribution < -0.4 is 20.7 Å². The molecule has 0 saturated carbocycles. The highest BCUT2D eigenvalue weighted by Crippen LogP contribution is 2.14. The van der Waals surface area contributed by atoms with Gasteiger partial charge >= 0.3 is 0 Å². The van der Waals surface area contributed by atoms with Crippen LogP contribution >= 0.6 is 0 Å². The van der Waals surface area contributed by atoms with E-state index in [4.69, 9.17) is 8.85 Å². The molecule has 0 aliphatic carbocycles. The van der Waals surface area contributed by atoms with E-state index in [2.05, 4.69) is 61.7 Å². The van der Waals surface area contributed by atoms with Gasteiger partial charge in [0.2, 0.25) is 0 Å². The first-order chi connectivity index (χ1) is 16.2. The molecule has 0 aliphatic heterocycles. The molecule has 4 heteroatoms. The SMILES string of the molecule is C=C[Si](OCO[Si](C=C)(c1ccccc1)c1ccccc1)(c1ccccc1)c1ccccc1. The van der Waals surface area contributed by atoms with Crippen molar-refractivity contribution in [3.05, 3.63) is 146 Å². The van der Waals surface area contributed by atoms with Gasteiger partial charge in [-0.05, 0) is 20.7 Å². The van der Waals surface area contributed by atoms with Crippen molar-refractivity contribution in [3.8, 4) is 0 Å². The zero-order valence-corrected chi connectivity index (χ0v) is 20.6. The van der Waals surface area contributed by atoms with Crippen LogP contribution in [0, 0.1) is 0 Å². The maximum atomic E-state index is 6.74. The van der Waals surface area contributed by atoms with Gasteiger partial charge in [0.25, 0.3) is 16.6 Å². The van der Waals surface area contributed by atoms with Gasteiger partial charge in [-0.3, -0.25) is 0 Å². The first kappa shape index (κ1) is 22.9. The van der Waals surface area contributed by atoms with Crippen molar-refractivity contribution in [1.29, 1.82) is 0 Å². The Balaban J connectivity index is 1.72. The Hall–Kier alpha value is -3.29. The number of hydrogen-bond acceptors (Lipinski definition) is 2. The molecule has 0 spiro atoms. The first-order valence-corrected chi connectivity index (χ1v) is 15.0. The Kier molecular flexibility index (Phi) is 7.32. The summed E-state index contributed by atoms with van der Waals surface area (Å²) in [5.74, 6) is 0. The average Bonchev–Trinajstić information content (AvgIpc) is 2.91. The molecule has 0 N–H and O–H groups in total. The van der Waals surface area contributed by atoms with E-state index in [0.717, 1.165) is 20.7 Å². The molecule has 0 atom stereocenters. The van der Waals surface area contributed by atoms with Crippen molar-refractivity contribution in [2.75, 3.05) is 6.79 Å². The lowest BCUT2D eigenvalue weighted by atomic mass is 10.4. The molecule has 0 fully saturated rings. The Morgan fingerprint density at radius 1 is 0.455 bits per heavy atom. The molecule has 0 bridgehead atoms. The van der Waals surface area contributed by atoms with Gasteiger partial charge in [-0.25, -0.2) is 0 Å². The number of benzene rings is 4. The van der Waals surface area contributed by atoms with Crippen LogP contribution in [0.3, 0.4) is 0 Å². The minimum atomic E-state index is -2.71. The van der Waals surface area contributed by atoms with Crippen molar-refractivity contribution in [2.45, 2.75) is 0 Å². The topological polar surface area (TPSA) is 18.5 Å². The second kappa shape index (κ2) is 10.6. The van der Waals surface area contributed by atoms with Gasteiger partial charge in [-0.2, -0.15) is 0 Å². The molecule has 0 unspecified atom stereocenters. The molecular formula is C29H28O2Si2. The zero-order valence-electron chi connectivity index (χ0n) is 18.6. The summed E-state index contributed by atoms with van der Waals surface area (Å²) in [6.07, 6.45) is 0. The van der Waals surface area contributed by atoms with E-state index in [-0.39, 0.29) is 6.79 Å². The Labute approximate surface area is 198 Å². The van der Waals surface area contributed by atoms with Gasteiger partial charge in [0, 0.05) is 0 Å². The monoisotopic (exact) mass is 464 g/mol. The van der Waals surface area contributed by atoms with E-state index in [1.807, 2.05) is 84.2 Å². The first-order valence-electron chi connectivity index (χ1n) is 11.0. The average molecular weight is 465 g/mol. The van der Waals surface area contributed by atoms with Gasteiger partial charge < -0.3 is 8.85 Å². The number of rotatable bonds is 10. The fourth-order valence-electron chi connectivity index (χ4n) is 4.21. The quantitative estimate of drug-likeness (QED) is 0.261. The second-order valence-corrected chi connectivity index (χ2v) is 14.4. The molecule has 0 amide bonds. The summed E-state index contributed by atoms with van der Waals surface area (Å²) in [5, 5.41) is 4.56. The molecular weight excluding hydrogens is 436 g/mol. The molecule has 0 aromatic heterocycles. The highest BCUT2D eigenvalue weighted by Gasteiger charge is 2.40. The highest BCUT2D eigenvalue weighted by molar-refractivity contribution is 7.02. The van der Waals surface area contributed by atoms with Gasteiger partial charge in [0.15, 0.2) is 0 Å². The third-order valence-electron chi connectivity index (χ3n) is 5.96. The van der Waals surface area contributed by atoms with E-state index < -0.39 is 16.6 Å². The predicted octanol–water partition coefficient (Wildman–Crippen LogP) is 3.95. The maximum Gasteiger partial charge on any atom is 0.282 e. The summed E-state index contributed by atoms with van der Waals surface area (Å²) >= 11 is 0. The molecule has 0 radical (unpaired) electrons. The smallest absolute Gasteiger partial charge is 0.282 e. The summed E-state index contributed by atoms with van der Waals surface area (Å²) in [5.41, 5.74) is 3.98. The highest BCUT2D eigenvalue weighted by atomic mass is 28.4. The van der Waals surface area contributed by atoms with Crippen LogP contribution in [-0.2, 0) is 8.85 Å². The summed E-state index contributed by atoms with van der Waals surface area (Å²) in [7, 11) is -5.42. The fourth-order valence-corrected chi connectivity index (χ4v) is 10.1. The van der Waals surface area contributed by atoms with E-state index in [1.54, 1.807) is 0 Å². The molecule has 4 aromatic rings. The van der Waals surface area contributed by atoms with Crippen LogP contribution in [0.1, 0.15) is 0 Å². The Morgan fingerprint density at radius 3 is 0.909 bits per heavy atom. The third kappa shape index (κ3) is 4.60. The van der Waals surface area contributed by atoms with Gasteiger partial charge in [-0.1, -0.05) is 133 Å². The Bertz CT molecular complexity index is 989. The normalized spacial score (nSPS) is 11.6. The van der Waals surface area contributed by atoms with Gasteiger partial charge in [-0.15, -0.1) is 13.2 Å². The van der Waals surface area contributed by atoms with Crippen molar-refractivity contribution >= 4 is 37.4 Å². The molecule has 0 heterocycles. The number of hydrogen-bond donors (Lipinski definition) is 0. The maximum absolute atomic E-state index is 6.74. The molecule has 33 heavy (non-hydrogen) atoms. The molecule has 2 nitrogen and oxygen atoms in total. The minimum Gasteiger partial charge on any atom is -0.382 e. The minimum absolute atomic E-state index is 0.143. The van der Waals surface area contributed by atoms with E-state index in [9.17, 15) is 0 Å². The van der Waals surface area contributed by atoms with E-state index in [1.165, 1.54) is 0 Å². The van der Waals surface area contributed by atoms with Crippen molar-refractivity contribution in [3.63, 3.8) is 0 Å². The summed E-state index contributed by atoms with van der Waals surface area (Å²) in [4.78, 5) is 0. The molecule has 0 aliphatic rings. The lowest BCUT2D eigenvalue weighted by Crippen LogP contribution is -2.63. The van der Waals surface area contributed by atoms with Crippen molar-refractivity contribution < 1.29 is 8.85 Å². The standard InChI is InChI=1S/C29H28O2Si2/c1-3-32(26-17-9-5-10-18-26,27-19-11-6-12-20-27)30-25-31-33(4-2,28-21-13-7-14-22-28)29-23-15-8-16-24-29/h3-24H,1-2,25H2. The lowest BCUT2D eigenvalue weighted by Gasteiger charge is -2.33. The predicted molar refractivity (Wildman–Crippen MR) is 143 cm³/mol. The Morgan fingerprint density at radius 2 is 0.697 bits per heavy atom. The largest absolute Gasteiger partial charge is 0.382 e. The van der Waals surface area contributed by atoms with Crippen LogP contribution in [0.2, 0.25) is 0 Å². The summed E-state index contributed by atoms with van der Waals surface area (Å²) in [6, 6.07) is 41.4. The van der Waals surface area contributed by atoms with Crippen LogP contribution in [0.25, 0.3) is 0 Å². The van der Waals surface area contributed by atoms with E-state index in [0.29, 0.717) is 0 Å².